The summed E-state index contributed by atoms with van der Waals surface area (Å²) < 4.78 is 0.910. The average molecular weight is 314 g/mol. The van der Waals surface area contributed by atoms with Crippen molar-refractivity contribution < 1.29 is 0 Å². The monoisotopic (exact) mass is 313 g/mol. The van der Waals surface area contributed by atoms with Gasteiger partial charge in [-0.05, 0) is 39.7 Å². The number of hydrogen-bond acceptors (Lipinski definition) is 2. The zero-order valence-electron chi connectivity index (χ0n) is 10.1. The van der Waals surface area contributed by atoms with Gasteiger partial charge in [-0.25, -0.2) is 4.98 Å². The van der Waals surface area contributed by atoms with E-state index in [4.69, 9.17) is 5.73 Å². The highest BCUT2D eigenvalue weighted by molar-refractivity contribution is 9.10. The first kappa shape index (κ1) is 12.0. The summed E-state index contributed by atoms with van der Waals surface area (Å²) in [6, 6.07) is 16.2. The lowest BCUT2D eigenvalue weighted by atomic mass is 10.2. The number of aromatic nitrogens is 2. The third-order valence-corrected chi connectivity index (χ3v) is 3.38. The lowest BCUT2D eigenvalue weighted by Crippen LogP contribution is -1.93. The van der Waals surface area contributed by atoms with E-state index < -0.39 is 0 Å². The van der Waals surface area contributed by atoms with Crippen LogP contribution in [-0.4, -0.2) is 9.97 Å². The molecular formula is C15H12BrN3. The normalized spacial score (nSPS) is 10.6. The van der Waals surface area contributed by atoms with Gasteiger partial charge in [-0.2, -0.15) is 0 Å². The Morgan fingerprint density at radius 1 is 1.00 bits per heavy atom. The summed E-state index contributed by atoms with van der Waals surface area (Å²) in [4.78, 5) is 7.52. The Bertz CT molecular complexity index is 704. The molecule has 0 aliphatic heterocycles. The predicted molar refractivity (Wildman–Crippen MR) is 81.6 cm³/mol. The molecule has 0 aliphatic rings. The molecule has 0 spiro atoms. The number of H-pyrrole nitrogens is 1. The molecule has 0 saturated carbocycles. The van der Waals surface area contributed by atoms with Gasteiger partial charge < -0.3 is 10.7 Å². The first-order valence-corrected chi connectivity index (χ1v) is 6.69. The van der Waals surface area contributed by atoms with Crippen LogP contribution in [-0.2, 0) is 0 Å². The van der Waals surface area contributed by atoms with Crippen LogP contribution >= 0.6 is 15.9 Å². The zero-order valence-corrected chi connectivity index (χ0v) is 11.7. The van der Waals surface area contributed by atoms with Crippen molar-refractivity contribution >= 4 is 21.7 Å². The molecule has 19 heavy (non-hydrogen) atoms. The smallest absolute Gasteiger partial charge is 0.132 e. The second-order valence-electron chi connectivity index (χ2n) is 4.24. The summed E-state index contributed by atoms with van der Waals surface area (Å²) in [6.45, 7) is 0. The number of anilines is 1. The molecule has 94 valence electrons. The van der Waals surface area contributed by atoms with Crippen molar-refractivity contribution in [2.75, 3.05) is 5.73 Å². The highest BCUT2D eigenvalue weighted by Gasteiger charge is 2.08. The minimum Gasteiger partial charge on any atom is -0.383 e. The SMILES string of the molecule is Nc1ncc(Br)cc1-c1ccc(-c2ccccc2)[nH]1. The number of nitrogens with one attached hydrogen (secondary N) is 1. The second-order valence-corrected chi connectivity index (χ2v) is 5.15. The lowest BCUT2D eigenvalue weighted by Gasteiger charge is -2.03. The van der Waals surface area contributed by atoms with Crippen LogP contribution in [0.5, 0.6) is 0 Å². The van der Waals surface area contributed by atoms with Crippen molar-refractivity contribution in [1.29, 1.82) is 0 Å². The third kappa shape index (κ3) is 2.39. The van der Waals surface area contributed by atoms with Gasteiger partial charge >= 0.3 is 0 Å². The Labute approximate surface area is 119 Å². The summed E-state index contributed by atoms with van der Waals surface area (Å²) in [6.07, 6.45) is 1.69. The van der Waals surface area contributed by atoms with Gasteiger partial charge in [0.25, 0.3) is 0 Å². The van der Waals surface area contributed by atoms with Gasteiger partial charge in [0.15, 0.2) is 0 Å². The Balaban J connectivity index is 2.04. The first-order valence-electron chi connectivity index (χ1n) is 5.90. The van der Waals surface area contributed by atoms with E-state index in [0.29, 0.717) is 5.82 Å². The van der Waals surface area contributed by atoms with Crippen molar-refractivity contribution in [3.63, 3.8) is 0 Å². The number of hydrogen-bond donors (Lipinski definition) is 2. The number of nitrogens with two attached hydrogens (primary N) is 1. The number of nitrogens with zero attached hydrogens (tertiary/aromatic N) is 1. The molecule has 3 aromatic rings. The fraction of sp³-hybridized carbons (Fsp3) is 0. The topological polar surface area (TPSA) is 54.7 Å². The molecule has 0 aliphatic carbocycles. The minimum absolute atomic E-state index is 0.518. The maximum absolute atomic E-state index is 5.92. The molecular weight excluding hydrogens is 302 g/mol. The van der Waals surface area contributed by atoms with Gasteiger partial charge in [-0.15, -0.1) is 0 Å². The third-order valence-electron chi connectivity index (χ3n) is 2.95. The summed E-state index contributed by atoms with van der Waals surface area (Å²) in [5.74, 6) is 0.518. The van der Waals surface area contributed by atoms with Crippen LogP contribution in [0.4, 0.5) is 5.82 Å². The van der Waals surface area contributed by atoms with E-state index in [1.807, 2.05) is 36.4 Å². The van der Waals surface area contributed by atoms with Crippen molar-refractivity contribution in [3.05, 3.63) is 59.2 Å². The highest BCUT2D eigenvalue weighted by Crippen LogP contribution is 2.29. The first-order chi connectivity index (χ1) is 9.24. The summed E-state index contributed by atoms with van der Waals surface area (Å²) >= 11 is 3.41. The highest BCUT2D eigenvalue weighted by atomic mass is 79.9. The standard InChI is InChI=1S/C15H12BrN3/c16-11-8-12(15(17)18-9-11)14-7-6-13(19-14)10-4-2-1-3-5-10/h1-9,19H,(H2,17,18). The van der Waals surface area contributed by atoms with E-state index in [0.717, 1.165) is 27.0 Å². The Morgan fingerprint density at radius 2 is 1.74 bits per heavy atom. The molecule has 0 saturated heterocycles. The van der Waals surface area contributed by atoms with Crippen molar-refractivity contribution in [2.24, 2.45) is 0 Å². The molecule has 0 bridgehead atoms. The van der Waals surface area contributed by atoms with Crippen LogP contribution in [0.25, 0.3) is 22.5 Å². The van der Waals surface area contributed by atoms with Crippen LogP contribution in [0.15, 0.2) is 59.2 Å². The van der Waals surface area contributed by atoms with Crippen molar-refractivity contribution in [2.45, 2.75) is 0 Å². The molecule has 4 heteroatoms. The van der Waals surface area contributed by atoms with E-state index in [1.54, 1.807) is 6.20 Å². The van der Waals surface area contributed by atoms with Gasteiger partial charge in [0.2, 0.25) is 0 Å². The number of halogens is 1. The maximum Gasteiger partial charge on any atom is 0.132 e. The molecule has 0 amide bonds. The van der Waals surface area contributed by atoms with Gasteiger partial charge in [0.05, 0.1) is 0 Å². The van der Waals surface area contributed by atoms with Crippen LogP contribution < -0.4 is 5.73 Å². The lowest BCUT2D eigenvalue weighted by molar-refractivity contribution is 1.30. The molecule has 2 heterocycles. The zero-order chi connectivity index (χ0) is 13.2. The molecule has 0 radical (unpaired) electrons. The van der Waals surface area contributed by atoms with E-state index >= 15 is 0 Å². The molecule has 0 unspecified atom stereocenters. The van der Waals surface area contributed by atoms with Crippen LogP contribution in [0.1, 0.15) is 0 Å². The molecule has 3 rings (SSSR count). The van der Waals surface area contributed by atoms with Gasteiger partial charge in [0, 0.05) is 27.6 Å². The Kier molecular flexibility index (Phi) is 3.09. The molecule has 1 aromatic carbocycles. The molecule has 0 atom stereocenters. The summed E-state index contributed by atoms with van der Waals surface area (Å²) in [5.41, 5.74) is 9.99. The fourth-order valence-electron chi connectivity index (χ4n) is 2.00. The molecule has 2 aromatic heterocycles. The molecule has 3 nitrogen and oxygen atoms in total. The number of rotatable bonds is 2. The maximum atomic E-state index is 5.92. The van der Waals surface area contributed by atoms with E-state index in [-0.39, 0.29) is 0 Å². The van der Waals surface area contributed by atoms with Crippen LogP contribution in [0.3, 0.4) is 0 Å². The van der Waals surface area contributed by atoms with Gasteiger partial charge in [0.1, 0.15) is 5.82 Å². The second kappa shape index (κ2) is 4.90. The Hall–Kier alpha value is -2.07. The van der Waals surface area contributed by atoms with Crippen molar-refractivity contribution in [3.8, 4) is 22.5 Å². The minimum atomic E-state index is 0.518. The van der Waals surface area contributed by atoms with E-state index in [2.05, 4.69) is 38.0 Å². The summed E-state index contributed by atoms with van der Waals surface area (Å²) in [5, 5.41) is 0. The molecule has 0 fully saturated rings. The predicted octanol–water partition coefficient (Wildman–Crippen LogP) is 4.09. The average Bonchev–Trinajstić information content (AvgIpc) is 2.92. The largest absolute Gasteiger partial charge is 0.383 e. The van der Waals surface area contributed by atoms with Crippen LogP contribution in [0, 0.1) is 0 Å². The Morgan fingerprint density at radius 3 is 2.53 bits per heavy atom. The number of aromatic amines is 1. The fourth-order valence-corrected chi connectivity index (χ4v) is 2.34. The number of nitrogen functional groups attached to an aromatic ring is 1. The van der Waals surface area contributed by atoms with Crippen molar-refractivity contribution in [1.82, 2.24) is 9.97 Å². The van der Waals surface area contributed by atoms with E-state index in [9.17, 15) is 0 Å². The number of benzene rings is 1. The summed E-state index contributed by atoms with van der Waals surface area (Å²) in [7, 11) is 0. The van der Waals surface area contributed by atoms with Gasteiger partial charge in [-0.3, -0.25) is 0 Å². The molecule has 3 N–H and O–H groups in total. The van der Waals surface area contributed by atoms with E-state index in [1.165, 1.54) is 0 Å². The number of pyridine rings is 1. The van der Waals surface area contributed by atoms with Crippen LogP contribution in [0.2, 0.25) is 0 Å². The van der Waals surface area contributed by atoms with Gasteiger partial charge in [-0.1, -0.05) is 30.3 Å². The quantitative estimate of drug-likeness (QED) is 0.748.